The van der Waals surface area contributed by atoms with Gasteiger partial charge in [-0.15, -0.1) is 0 Å². The lowest BCUT2D eigenvalue weighted by Crippen LogP contribution is -2.36. The number of benzene rings is 1. The van der Waals surface area contributed by atoms with E-state index in [1.165, 1.54) is 0 Å². The Kier molecular flexibility index (Phi) is 6.32. The molecule has 106 valence electrons. The standard InChI is InChI=1S/C14H23N3O2/c1-10(2)13(16-3)9-19-12-6-4-11(5-7-12)8-14(18)17-15/h4-7,10,13,16H,8-9,15H2,1-3H3,(H,17,18)/t13-/m0/s1. The summed E-state index contributed by atoms with van der Waals surface area (Å²) >= 11 is 0. The molecule has 0 saturated carbocycles. The van der Waals surface area contributed by atoms with Crippen LogP contribution in [0.2, 0.25) is 0 Å². The monoisotopic (exact) mass is 265 g/mol. The van der Waals surface area contributed by atoms with Crippen molar-refractivity contribution in [2.75, 3.05) is 13.7 Å². The lowest BCUT2D eigenvalue weighted by atomic mass is 10.1. The number of hydrogen-bond donors (Lipinski definition) is 3. The minimum atomic E-state index is -0.205. The molecule has 19 heavy (non-hydrogen) atoms. The average molecular weight is 265 g/mol. The predicted octanol–water partition coefficient (Wildman–Crippen LogP) is 0.842. The molecule has 0 aliphatic heterocycles. The smallest absolute Gasteiger partial charge is 0.238 e. The zero-order chi connectivity index (χ0) is 14.3. The minimum Gasteiger partial charge on any atom is -0.492 e. The van der Waals surface area contributed by atoms with E-state index in [1.54, 1.807) is 0 Å². The molecule has 1 rings (SSSR count). The van der Waals surface area contributed by atoms with Crippen LogP contribution in [0.1, 0.15) is 19.4 Å². The number of nitrogens with two attached hydrogens (primary N) is 1. The van der Waals surface area contributed by atoms with Crippen molar-refractivity contribution in [3.63, 3.8) is 0 Å². The first-order chi connectivity index (χ1) is 9.06. The summed E-state index contributed by atoms with van der Waals surface area (Å²) in [6.07, 6.45) is 0.280. The van der Waals surface area contributed by atoms with Gasteiger partial charge in [0.05, 0.1) is 6.42 Å². The maximum absolute atomic E-state index is 11.1. The lowest BCUT2D eigenvalue weighted by Gasteiger charge is -2.20. The zero-order valence-electron chi connectivity index (χ0n) is 11.8. The van der Waals surface area contributed by atoms with E-state index in [0.717, 1.165) is 11.3 Å². The third-order valence-corrected chi connectivity index (χ3v) is 3.05. The van der Waals surface area contributed by atoms with E-state index in [-0.39, 0.29) is 12.3 Å². The summed E-state index contributed by atoms with van der Waals surface area (Å²) in [6, 6.07) is 7.80. The normalized spacial score (nSPS) is 12.3. The van der Waals surface area contributed by atoms with Gasteiger partial charge in [0.2, 0.25) is 5.91 Å². The van der Waals surface area contributed by atoms with E-state index in [1.807, 2.05) is 31.3 Å². The molecule has 0 fully saturated rings. The maximum atomic E-state index is 11.1. The van der Waals surface area contributed by atoms with Crippen molar-refractivity contribution < 1.29 is 9.53 Å². The van der Waals surface area contributed by atoms with Crippen molar-refractivity contribution in [2.24, 2.45) is 11.8 Å². The Morgan fingerprint density at radius 1 is 1.32 bits per heavy atom. The second-order valence-corrected chi connectivity index (χ2v) is 4.84. The van der Waals surface area contributed by atoms with Gasteiger partial charge in [-0.25, -0.2) is 5.84 Å². The fourth-order valence-corrected chi connectivity index (χ4v) is 1.74. The molecule has 0 spiro atoms. The number of hydrazine groups is 1. The fourth-order valence-electron chi connectivity index (χ4n) is 1.74. The molecular formula is C14H23N3O2. The Bertz CT molecular complexity index is 390. The van der Waals surface area contributed by atoms with E-state index in [0.29, 0.717) is 18.6 Å². The van der Waals surface area contributed by atoms with Crippen molar-refractivity contribution in [1.29, 1.82) is 0 Å². The number of carbonyl (C=O) groups is 1. The molecule has 1 atom stereocenters. The third kappa shape index (κ3) is 5.28. The molecule has 1 aromatic carbocycles. The number of amides is 1. The molecule has 0 radical (unpaired) electrons. The van der Waals surface area contributed by atoms with Crippen molar-refractivity contribution in [2.45, 2.75) is 26.3 Å². The van der Waals surface area contributed by atoms with Crippen molar-refractivity contribution in [3.8, 4) is 5.75 Å². The molecule has 4 N–H and O–H groups in total. The molecule has 5 nitrogen and oxygen atoms in total. The van der Waals surface area contributed by atoms with Gasteiger partial charge in [-0.2, -0.15) is 0 Å². The SMILES string of the molecule is CN[C@@H](COc1ccc(CC(=O)NN)cc1)C(C)C. The Morgan fingerprint density at radius 2 is 1.95 bits per heavy atom. The number of rotatable bonds is 7. The largest absolute Gasteiger partial charge is 0.492 e. The van der Waals surface area contributed by atoms with Gasteiger partial charge in [0.25, 0.3) is 0 Å². The first-order valence-corrected chi connectivity index (χ1v) is 6.45. The van der Waals surface area contributed by atoms with Crippen LogP contribution in [0.5, 0.6) is 5.75 Å². The molecule has 5 heteroatoms. The van der Waals surface area contributed by atoms with E-state index in [9.17, 15) is 4.79 Å². The van der Waals surface area contributed by atoms with Gasteiger partial charge in [0.15, 0.2) is 0 Å². The number of ether oxygens (including phenoxy) is 1. The van der Waals surface area contributed by atoms with Crippen LogP contribution in [0.25, 0.3) is 0 Å². The van der Waals surface area contributed by atoms with E-state index < -0.39 is 0 Å². The average Bonchev–Trinajstić information content (AvgIpc) is 2.40. The summed E-state index contributed by atoms with van der Waals surface area (Å²) in [7, 11) is 1.93. The van der Waals surface area contributed by atoms with E-state index in [4.69, 9.17) is 10.6 Å². The van der Waals surface area contributed by atoms with E-state index in [2.05, 4.69) is 24.6 Å². The van der Waals surface area contributed by atoms with Gasteiger partial charge in [0, 0.05) is 6.04 Å². The van der Waals surface area contributed by atoms with Crippen molar-refractivity contribution in [3.05, 3.63) is 29.8 Å². The van der Waals surface area contributed by atoms with Crippen LogP contribution >= 0.6 is 0 Å². The molecule has 1 aromatic rings. The second-order valence-electron chi connectivity index (χ2n) is 4.84. The molecule has 0 aliphatic carbocycles. The molecule has 0 aliphatic rings. The first kappa shape index (κ1) is 15.5. The Morgan fingerprint density at radius 3 is 2.42 bits per heavy atom. The topological polar surface area (TPSA) is 76.4 Å². The van der Waals surface area contributed by atoms with Crippen LogP contribution in [0.15, 0.2) is 24.3 Å². The third-order valence-electron chi connectivity index (χ3n) is 3.05. The van der Waals surface area contributed by atoms with Crippen LogP contribution in [-0.2, 0) is 11.2 Å². The van der Waals surface area contributed by atoms with Crippen molar-refractivity contribution in [1.82, 2.24) is 10.7 Å². The molecule has 1 amide bonds. The van der Waals surface area contributed by atoms with Gasteiger partial charge in [0.1, 0.15) is 12.4 Å². The van der Waals surface area contributed by atoms with Gasteiger partial charge >= 0.3 is 0 Å². The molecular weight excluding hydrogens is 242 g/mol. The first-order valence-electron chi connectivity index (χ1n) is 6.45. The van der Waals surface area contributed by atoms with Crippen LogP contribution in [-0.4, -0.2) is 25.6 Å². The van der Waals surface area contributed by atoms with Gasteiger partial charge in [-0.3, -0.25) is 10.2 Å². The van der Waals surface area contributed by atoms with Crippen LogP contribution < -0.4 is 21.3 Å². The lowest BCUT2D eigenvalue weighted by molar-refractivity contribution is -0.120. The highest BCUT2D eigenvalue weighted by Crippen LogP contribution is 2.14. The van der Waals surface area contributed by atoms with Crippen LogP contribution in [0, 0.1) is 5.92 Å². The maximum Gasteiger partial charge on any atom is 0.238 e. The number of likely N-dealkylation sites (N-methyl/N-ethyl adjacent to an activating group) is 1. The molecule has 0 aromatic heterocycles. The molecule has 0 unspecified atom stereocenters. The van der Waals surface area contributed by atoms with Crippen LogP contribution in [0.3, 0.4) is 0 Å². The Balaban J connectivity index is 2.50. The highest BCUT2D eigenvalue weighted by Gasteiger charge is 2.11. The summed E-state index contributed by atoms with van der Waals surface area (Å²) in [5.41, 5.74) is 3.02. The summed E-state index contributed by atoms with van der Waals surface area (Å²) in [5.74, 6) is 6.15. The van der Waals surface area contributed by atoms with Crippen LogP contribution in [0.4, 0.5) is 0 Å². The quantitative estimate of drug-likeness (QED) is 0.388. The molecule has 0 heterocycles. The summed E-state index contributed by atoms with van der Waals surface area (Å²) in [6.45, 7) is 4.93. The summed E-state index contributed by atoms with van der Waals surface area (Å²) in [4.78, 5) is 11.1. The highest BCUT2D eigenvalue weighted by atomic mass is 16.5. The Labute approximate surface area is 114 Å². The summed E-state index contributed by atoms with van der Waals surface area (Å²) < 4.78 is 5.72. The second kappa shape index (κ2) is 7.76. The predicted molar refractivity (Wildman–Crippen MR) is 75.7 cm³/mol. The fraction of sp³-hybridized carbons (Fsp3) is 0.500. The Hall–Kier alpha value is -1.59. The number of nitrogens with one attached hydrogen (secondary N) is 2. The summed E-state index contributed by atoms with van der Waals surface area (Å²) in [5, 5.41) is 3.23. The van der Waals surface area contributed by atoms with Crippen molar-refractivity contribution >= 4 is 5.91 Å². The molecule has 0 bridgehead atoms. The minimum absolute atomic E-state index is 0.205. The van der Waals surface area contributed by atoms with Gasteiger partial charge in [-0.1, -0.05) is 26.0 Å². The highest BCUT2D eigenvalue weighted by molar-refractivity contribution is 5.77. The zero-order valence-corrected chi connectivity index (χ0v) is 11.8. The number of hydrogen-bond acceptors (Lipinski definition) is 4. The van der Waals surface area contributed by atoms with E-state index >= 15 is 0 Å². The van der Waals surface area contributed by atoms with Gasteiger partial charge in [-0.05, 0) is 30.7 Å². The number of carbonyl (C=O) groups excluding carboxylic acids is 1. The van der Waals surface area contributed by atoms with Gasteiger partial charge < -0.3 is 10.1 Å². The molecule has 0 saturated heterocycles.